The average molecular weight is 263 g/mol. The molecule has 1 saturated carbocycles. The van der Waals surface area contributed by atoms with Crippen LogP contribution in [0.4, 0.5) is 15.9 Å². The summed E-state index contributed by atoms with van der Waals surface area (Å²) < 4.78 is 15.3. The first-order valence-electron chi connectivity index (χ1n) is 5.73. The first-order chi connectivity index (χ1) is 9.08. The van der Waals surface area contributed by atoms with Crippen LogP contribution in [0.1, 0.15) is 24.5 Å². The predicted octanol–water partition coefficient (Wildman–Crippen LogP) is 1.77. The molecule has 19 heavy (non-hydrogen) atoms. The minimum Gasteiger partial charge on any atom is -0.381 e. The van der Waals surface area contributed by atoms with Crippen molar-refractivity contribution in [2.45, 2.75) is 18.8 Å². The molecule has 1 fully saturated rings. The van der Waals surface area contributed by atoms with Gasteiger partial charge in [-0.3, -0.25) is 10.1 Å². The van der Waals surface area contributed by atoms with Crippen molar-refractivity contribution in [2.24, 2.45) is 0 Å². The lowest BCUT2D eigenvalue weighted by molar-refractivity contribution is -0.385. The Balaban J connectivity index is 2.09. The number of nitrogens with two attached hydrogens (primary N) is 1. The number of nitro benzene ring substituents is 1. The number of benzene rings is 1. The van der Waals surface area contributed by atoms with Crippen molar-refractivity contribution in [2.75, 3.05) is 5.73 Å². The Labute approximate surface area is 107 Å². The third kappa shape index (κ3) is 1.90. The van der Waals surface area contributed by atoms with Gasteiger partial charge in [0.05, 0.1) is 16.7 Å². The summed E-state index contributed by atoms with van der Waals surface area (Å²) in [5.74, 6) is -0.203. The van der Waals surface area contributed by atoms with Gasteiger partial charge < -0.3 is 5.73 Å². The molecule has 0 unspecified atom stereocenters. The molecule has 2 N–H and O–H groups in total. The summed E-state index contributed by atoms with van der Waals surface area (Å²) in [4.78, 5) is 9.93. The highest BCUT2D eigenvalue weighted by Gasteiger charge is 2.31. The maximum Gasteiger partial charge on any atom is 0.272 e. The quantitative estimate of drug-likeness (QED) is 0.672. The second kappa shape index (κ2) is 4.01. The number of anilines is 1. The van der Waals surface area contributed by atoms with Crippen LogP contribution >= 0.6 is 0 Å². The summed E-state index contributed by atoms with van der Waals surface area (Å²) in [7, 11) is 0. The SMILES string of the molecule is Nc1nnn(-c2ccc([N+](=O)[O-])cc2F)c1C1CC1. The Morgan fingerprint density at radius 1 is 1.47 bits per heavy atom. The van der Waals surface area contributed by atoms with E-state index in [1.165, 1.54) is 16.8 Å². The maximum absolute atomic E-state index is 13.9. The van der Waals surface area contributed by atoms with Gasteiger partial charge in [0.15, 0.2) is 11.6 Å². The van der Waals surface area contributed by atoms with E-state index in [1.807, 2.05) is 0 Å². The molecular formula is C11H10FN5O2. The molecule has 0 amide bonds. The van der Waals surface area contributed by atoms with Crippen LogP contribution in [-0.4, -0.2) is 19.9 Å². The first kappa shape index (κ1) is 11.6. The average Bonchev–Trinajstić information content (AvgIpc) is 3.13. The molecule has 0 saturated heterocycles. The van der Waals surface area contributed by atoms with E-state index >= 15 is 0 Å². The molecule has 8 heteroatoms. The Kier molecular flexibility index (Phi) is 2.44. The van der Waals surface area contributed by atoms with E-state index in [9.17, 15) is 14.5 Å². The Bertz CT molecular complexity index is 665. The molecule has 1 aromatic heterocycles. The summed E-state index contributed by atoms with van der Waals surface area (Å²) in [6.07, 6.45) is 1.93. The van der Waals surface area contributed by atoms with E-state index in [4.69, 9.17) is 5.73 Å². The summed E-state index contributed by atoms with van der Waals surface area (Å²) >= 11 is 0. The lowest BCUT2D eigenvalue weighted by Crippen LogP contribution is -2.05. The number of nitrogen functional groups attached to an aromatic ring is 1. The number of aromatic nitrogens is 3. The van der Waals surface area contributed by atoms with Crippen molar-refractivity contribution in [1.82, 2.24) is 15.0 Å². The molecular weight excluding hydrogens is 253 g/mol. The third-order valence-corrected chi connectivity index (χ3v) is 3.07. The van der Waals surface area contributed by atoms with Gasteiger partial charge in [-0.15, -0.1) is 5.10 Å². The van der Waals surface area contributed by atoms with Crippen molar-refractivity contribution in [3.8, 4) is 5.69 Å². The minimum atomic E-state index is -0.721. The summed E-state index contributed by atoms with van der Waals surface area (Å²) in [6, 6.07) is 3.41. The maximum atomic E-state index is 13.9. The second-order valence-corrected chi connectivity index (χ2v) is 4.44. The van der Waals surface area contributed by atoms with E-state index in [1.54, 1.807) is 0 Å². The third-order valence-electron chi connectivity index (χ3n) is 3.07. The molecule has 0 radical (unpaired) electrons. The standard InChI is InChI=1S/C11H10FN5O2/c12-8-5-7(17(18)19)3-4-9(8)16-10(6-1-2-6)11(13)14-15-16/h3-6H,1-2,13H2. The fourth-order valence-corrected chi connectivity index (χ4v) is 2.00. The molecule has 7 nitrogen and oxygen atoms in total. The number of rotatable bonds is 3. The molecule has 1 aromatic carbocycles. The van der Waals surface area contributed by atoms with Crippen molar-refractivity contribution < 1.29 is 9.31 Å². The molecule has 1 heterocycles. The normalized spacial score (nSPS) is 14.6. The van der Waals surface area contributed by atoms with Crippen LogP contribution in [0.5, 0.6) is 0 Å². The van der Waals surface area contributed by atoms with Gasteiger partial charge in [0.2, 0.25) is 0 Å². The number of hydrogen-bond donors (Lipinski definition) is 1. The summed E-state index contributed by atoms with van der Waals surface area (Å²) in [5, 5.41) is 18.1. The lowest BCUT2D eigenvalue weighted by Gasteiger charge is -2.06. The number of hydrogen-bond acceptors (Lipinski definition) is 5. The number of nitro groups is 1. The highest BCUT2D eigenvalue weighted by molar-refractivity contribution is 5.47. The van der Waals surface area contributed by atoms with E-state index in [-0.39, 0.29) is 23.1 Å². The molecule has 1 aliphatic carbocycles. The predicted molar refractivity (Wildman–Crippen MR) is 64.4 cm³/mol. The van der Waals surface area contributed by atoms with Gasteiger partial charge >= 0.3 is 0 Å². The molecule has 0 spiro atoms. The van der Waals surface area contributed by atoms with Crippen molar-refractivity contribution in [3.05, 3.63) is 39.8 Å². The smallest absolute Gasteiger partial charge is 0.272 e. The van der Waals surface area contributed by atoms with E-state index in [2.05, 4.69) is 10.3 Å². The van der Waals surface area contributed by atoms with Crippen LogP contribution < -0.4 is 5.73 Å². The van der Waals surface area contributed by atoms with E-state index in [0.29, 0.717) is 5.69 Å². The molecule has 0 bridgehead atoms. The zero-order valence-electron chi connectivity index (χ0n) is 9.78. The molecule has 0 aliphatic heterocycles. The molecule has 1 aliphatic rings. The molecule has 2 aromatic rings. The highest BCUT2D eigenvalue weighted by Crippen LogP contribution is 2.42. The van der Waals surface area contributed by atoms with Crippen LogP contribution in [0.3, 0.4) is 0 Å². The fourth-order valence-electron chi connectivity index (χ4n) is 2.00. The number of non-ortho nitro benzene ring substituents is 1. The Morgan fingerprint density at radius 3 is 2.79 bits per heavy atom. The zero-order chi connectivity index (χ0) is 13.6. The number of nitrogens with zero attached hydrogens (tertiary/aromatic N) is 4. The van der Waals surface area contributed by atoms with Gasteiger partial charge in [-0.2, -0.15) is 0 Å². The second-order valence-electron chi connectivity index (χ2n) is 4.44. The van der Waals surface area contributed by atoms with Gasteiger partial charge in [-0.1, -0.05) is 5.21 Å². The van der Waals surface area contributed by atoms with Crippen LogP contribution in [0, 0.1) is 15.9 Å². The highest BCUT2D eigenvalue weighted by atomic mass is 19.1. The van der Waals surface area contributed by atoms with Crippen molar-refractivity contribution >= 4 is 11.5 Å². The Morgan fingerprint density at radius 2 is 2.21 bits per heavy atom. The summed E-state index contributed by atoms with van der Waals surface area (Å²) in [5.41, 5.74) is 6.22. The van der Waals surface area contributed by atoms with Crippen LogP contribution in [0.25, 0.3) is 5.69 Å². The van der Waals surface area contributed by atoms with Crippen molar-refractivity contribution in [1.29, 1.82) is 0 Å². The van der Waals surface area contributed by atoms with Gasteiger partial charge in [0, 0.05) is 12.0 Å². The zero-order valence-corrected chi connectivity index (χ0v) is 9.78. The van der Waals surface area contributed by atoms with Crippen LogP contribution in [0.15, 0.2) is 18.2 Å². The van der Waals surface area contributed by atoms with Crippen LogP contribution in [0.2, 0.25) is 0 Å². The van der Waals surface area contributed by atoms with Gasteiger partial charge in [-0.05, 0) is 18.9 Å². The van der Waals surface area contributed by atoms with Gasteiger partial charge in [0.25, 0.3) is 5.69 Å². The monoisotopic (exact) mass is 263 g/mol. The lowest BCUT2D eigenvalue weighted by atomic mass is 10.2. The molecule has 98 valence electrons. The van der Waals surface area contributed by atoms with E-state index in [0.717, 1.165) is 18.9 Å². The first-order valence-corrected chi connectivity index (χ1v) is 5.73. The van der Waals surface area contributed by atoms with E-state index < -0.39 is 10.7 Å². The Hall–Kier alpha value is -2.51. The minimum absolute atomic E-state index is 0.122. The number of halogens is 1. The van der Waals surface area contributed by atoms with Crippen molar-refractivity contribution in [3.63, 3.8) is 0 Å². The fraction of sp³-hybridized carbons (Fsp3) is 0.273. The van der Waals surface area contributed by atoms with Crippen LogP contribution in [-0.2, 0) is 0 Å². The molecule has 3 rings (SSSR count). The van der Waals surface area contributed by atoms with Gasteiger partial charge in [-0.25, -0.2) is 9.07 Å². The molecule has 0 atom stereocenters. The van der Waals surface area contributed by atoms with Gasteiger partial charge in [0.1, 0.15) is 5.69 Å². The largest absolute Gasteiger partial charge is 0.381 e. The topological polar surface area (TPSA) is 99.9 Å². The summed E-state index contributed by atoms with van der Waals surface area (Å²) in [6.45, 7) is 0.